The average molecular weight is 160 g/mol. The highest BCUT2D eigenvalue weighted by atomic mass is 14.1. The van der Waals surface area contributed by atoms with Gasteiger partial charge >= 0.3 is 0 Å². The predicted molar refractivity (Wildman–Crippen MR) is 55.0 cm³/mol. The molecule has 0 aromatic rings. The van der Waals surface area contributed by atoms with E-state index in [0.717, 1.165) is 6.42 Å². The van der Waals surface area contributed by atoms with Crippen molar-refractivity contribution in [2.75, 3.05) is 0 Å². The molecular formula is C12H16. The van der Waals surface area contributed by atoms with Gasteiger partial charge in [-0.15, -0.1) is 0 Å². The summed E-state index contributed by atoms with van der Waals surface area (Å²) in [5.74, 6) is 0.691. The fourth-order valence-corrected chi connectivity index (χ4v) is 1.34. The summed E-state index contributed by atoms with van der Waals surface area (Å²) < 4.78 is 0. The second-order valence-electron chi connectivity index (χ2n) is 3.18. The van der Waals surface area contributed by atoms with Gasteiger partial charge in [-0.3, -0.25) is 0 Å². The molecule has 12 heavy (non-hydrogen) atoms. The zero-order valence-electron chi connectivity index (χ0n) is 7.88. The van der Waals surface area contributed by atoms with Crippen LogP contribution in [0.4, 0.5) is 0 Å². The van der Waals surface area contributed by atoms with E-state index < -0.39 is 0 Å². The van der Waals surface area contributed by atoms with Crippen molar-refractivity contribution in [2.45, 2.75) is 20.3 Å². The third-order valence-electron chi connectivity index (χ3n) is 2.18. The minimum Gasteiger partial charge on any atom is -0.0985 e. The SMILES string of the molecule is C=C/C(=C\C)C1=CCC(C)C=C1. The highest BCUT2D eigenvalue weighted by Crippen LogP contribution is 2.21. The van der Waals surface area contributed by atoms with Crippen LogP contribution in [0.3, 0.4) is 0 Å². The van der Waals surface area contributed by atoms with E-state index in [2.05, 4.69) is 37.8 Å². The molecular weight excluding hydrogens is 144 g/mol. The Morgan fingerprint density at radius 3 is 2.83 bits per heavy atom. The highest BCUT2D eigenvalue weighted by molar-refractivity contribution is 5.46. The summed E-state index contributed by atoms with van der Waals surface area (Å²) in [7, 11) is 0. The second-order valence-corrected chi connectivity index (χ2v) is 3.18. The molecule has 1 unspecified atom stereocenters. The Kier molecular flexibility index (Phi) is 3.09. The first-order valence-corrected chi connectivity index (χ1v) is 4.45. The lowest BCUT2D eigenvalue weighted by molar-refractivity contribution is 0.732. The molecule has 1 atom stereocenters. The lowest BCUT2D eigenvalue weighted by Crippen LogP contribution is -1.95. The van der Waals surface area contributed by atoms with Gasteiger partial charge in [-0.05, 0) is 30.4 Å². The molecule has 0 radical (unpaired) electrons. The van der Waals surface area contributed by atoms with E-state index in [0.29, 0.717) is 5.92 Å². The maximum Gasteiger partial charge on any atom is -0.0224 e. The fraction of sp³-hybridized carbons (Fsp3) is 0.333. The molecule has 1 aliphatic rings. The van der Waals surface area contributed by atoms with Gasteiger partial charge in [0, 0.05) is 0 Å². The van der Waals surface area contributed by atoms with E-state index in [1.54, 1.807) is 0 Å². The maximum absolute atomic E-state index is 3.78. The molecule has 0 saturated carbocycles. The Morgan fingerprint density at radius 2 is 2.42 bits per heavy atom. The Balaban J connectivity index is 2.79. The molecule has 0 aliphatic heterocycles. The van der Waals surface area contributed by atoms with Crippen LogP contribution in [0.15, 0.2) is 48.1 Å². The van der Waals surface area contributed by atoms with Crippen LogP contribution in [0.2, 0.25) is 0 Å². The van der Waals surface area contributed by atoms with E-state index in [4.69, 9.17) is 0 Å². The van der Waals surface area contributed by atoms with Gasteiger partial charge in [-0.2, -0.15) is 0 Å². The molecule has 0 spiro atoms. The summed E-state index contributed by atoms with van der Waals surface area (Å²) in [6, 6.07) is 0. The van der Waals surface area contributed by atoms with Crippen LogP contribution in [-0.2, 0) is 0 Å². The van der Waals surface area contributed by atoms with Crippen LogP contribution >= 0.6 is 0 Å². The first-order chi connectivity index (χ1) is 5.77. The minimum atomic E-state index is 0.691. The fourth-order valence-electron chi connectivity index (χ4n) is 1.34. The van der Waals surface area contributed by atoms with Crippen molar-refractivity contribution in [3.05, 3.63) is 48.1 Å². The number of hydrogen-bond acceptors (Lipinski definition) is 0. The first-order valence-electron chi connectivity index (χ1n) is 4.45. The van der Waals surface area contributed by atoms with Crippen molar-refractivity contribution < 1.29 is 0 Å². The van der Waals surface area contributed by atoms with E-state index in [9.17, 15) is 0 Å². The molecule has 0 heterocycles. The van der Waals surface area contributed by atoms with Crippen LogP contribution in [0.1, 0.15) is 20.3 Å². The van der Waals surface area contributed by atoms with Crippen molar-refractivity contribution in [2.24, 2.45) is 5.92 Å². The molecule has 0 aromatic heterocycles. The molecule has 0 saturated heterocycles. The van der Waals surface area contributed by atoms with Crippen LogP contribution in [0.5, 0.6) is 0 Å². The average Bonchev–Trinajstić information content (AvgIpc) is 2.10. The van der Waals surface area contributed by atoms with Gasteiger partial charge in [-0.1, -0.05) is 43.9 Å². The quantitative estimate of drug-likeness (QED) is 0.541. The molecule has 0 heteroatoms. The van der Waals surface area contributed by atoms with Crippen LogP contribution < -0.4 is 0 Å². The Hall–Kier alpha value is -1.04. The smallest absolute Gasteiger partial charge is 0.0224 e. The van der Waals surface area contributed by atoms with E-state index in [1.165, 1.54) is 11.1 Å². The Morgan fingerprint density at radius 1 is 1.67 bits per heavy atom. The number of allylic oxidation sites excluding steroid dienone is 7. The predicted octanol–water partition coefficient (Wildman–Crippen LogP) is 3.64. The van der Waals surface area contributed by atoms with E-state index >= 15 is 0 Å². The molecule has 64 valence electrons. The van der Waals surface area contributed by atoms with Crippen LogP contribution in [0, 0.1) is 5.92 Å². The van der Waals surface area contributed by atoms with Crippen molar-refractivity contribution in [3.8, 4) is 0 Å². The van der Waals surface area contributed by atoms with E-state index in [-0.39, 0.29) is 0 Å². The summed E-state index contributed by atoms with van der Waals surface area (Å²) in [6.45, 7) is 8.06. The number of hydrogen-bond donors (Lipinski definition) is 0. The summed E-state index contributed by atoms with van der Waals surface area (Å²) in [5.41, 5.74) is 2.55. The molecule has 0 N–H and O–H groups in total. The summed E-state index contributed by atoms with van der Waals surface area (Å²) in [4.78, 5) is 0. The van der Waals surface area contributed by atoms with Gasteiger partial charge in [0.1, 0.15) is 0 Å². The van der Waals surface area contributed by atoms with Crippen molar-refractivity contribution in [1.82, 2.24) is 0 Å². The third-order valence-corrected chi connectivity index (χ3v) is 2.18. The van der Waals surface area contributed by atoms with Crippen LogP contribution in [0.25, 0.3) is 0 Å². The topological polar surface area (TPSA) is 0 Å². The standard InChI is InChI=1S/C12H16/c1-4-11(5-2)12-8-6-10(3)7-9-12/h4-6,8-10H,1,7H2,2-3H3/b11-5+. The van der Waals surface area contributed by atoms with Gasteiger partial charge < -0.3 is 0 Å². The lowest BCUT2D eigenvalue weighted by atomic mass is 9.94. The number of rotatable bonds is 2. The summed E-state index contributed by atoms with van der Waals surface area (Å²) in [5, 5.41) is 0. The maximum atomic E-state index is 3.78. The zero-order valence-corrected chi connectivity index (χ0v) is 7.88. The first kappa shape index (κ1) is 9.05. The summed E-state index contributed by atoms with van der Waals surface area (Å²) >= 11 is 0. The molecule has 0 fully saturated rings. The largest absolute Gasteiger partial charge is 0.0985 e. The molecule has 1 rings (SSSR count). The molecule has 0 bridgehead atoms. The van der Waals surface area contributed by atoms with Crippen LogP contribution in [-0.4, -0.2) is 0 Å². The highest BCUT2D eigenvalue weighted by Gasteiger charge is 2.04. The van der Waals surface area contributed by atoms with Gasteiger partial charge in [0.05, 0.1) is 0 Å². The van der Waals surface area contributed by atoms with Gasteiger partial charge in [-0.25, -0.2) is 0 Å². The molecule has 0 aromatic carbocycles. The Bertz CT molecular complexity index is 251. The normalized spacial score (nSPS) is 23.7. The molecule has 0 amide bonds. The lowest BCUT2D eigenvalue weighted by Gasteiger charge is -2.11. The molecule has 0 nitrogen and oxygen atoms in total. The van der Waals surface area contributed by atoms with Crippen molar-refractivity contribution >= 4 is 0 Å². The van der Waals surface area contributed by atoms with Gasteiger partial charge in [0.15, 0.2) is 0 Å². The van der Waals surface area contributed by atoms with Gasteiger partial charge in [0.25, 0.3) is 0 Å². The van der Waals surface area contributed by atoms with Gasteiger partial charge in [0.2, 0.25) is 0 Å². The third kappa shape index (κ3) is 1.97. The monoisotopic (exact) mass is 160 g/mol. The minimum absolute atomic E-state index is 0.691. The Labute approximate surface area is 75.0 Å². The van der Waals surface area contributed by atoms with Crippen molar-refractivity contribution in [3.63, 3.8) is 0 Å². The van der Waals surface area contributed by atoms with E-state index in [1.807, 2.05) is 13.0 Å². The zero-order chi connectivity index (χ0) is 8.97. The summed E-state index contributed by atoms with van der Waals surface area (Å²) in [6.07, 6.45) is 11.9. The second kappa shape index (κ2) is 4.10. The van der Waals surface area contributed by atoms with Crippen molar-refractivity contribution in [1.29, 1.82) is 0 Å². The molecule has 1 aliphatic carbocycles.